The van der Waals surface area contributed by atoms with Gasteiger partial charge >= 0.3 is 12.0 Å². The predicted octanol–water partition coefficient (Wildman–Crippen LogP) is 2.76. The quantitative estimate of drug-likeness (QED) is 0.768. The topological polar surface area (TPSA) is 78.4 Å². The van der Waals surface area contributed by atoms with Crippen molar-refractivity contribution in [2.75, 3.05) is 0 Å². The lowest BCUT2D eigenvalue weighted by Crippen LogP contribution is -2.38. The molecule has 0 saturated carbocycles. The molecule has 1 heterocycles. The second kappa shape index (κ2) is 7.44. The molecule has 1 aromatic heterocycles. The number of carboxylic acid groups (broad SMARTS) is 1. The number of nitrogens with one attached hydrogen (secondary N) is 2. The minimum absolute atomic E-state index is 0.157. The summed E-state index contributed by atoms with van der Waals surface area (Å²) >= 11 is 1.56. The highest BCUT2D eigenvalue weighted by Crippen LogP contribution is 2.16. The van der Waals surface area contributed by atoms with Gasteiger partial charge in [0.15, 0.2) is 0 Å². The smallest absolute Gasteiger partial charge is 0.315 e. The van der Waals surface area contributed by atoms with Crippen molar-refractivity contribution < 1.29 is 14.7 Å². The lowest BCUT2D eigenvalue weighted by atomic mass is 10.0. The molecule has 0 aliphatic rings. The second-order valence-electron chi connectivity index (χ2n) is 4.52. The number of hydrogen-bond donors (Lipinski definition) is 3. The molecular formula is C15H16N2O3S. The molecule has 2 aromatic rings. The molecule has 0 spiro atoms. The molecule has 1 aromatic carbocycles. The van der Waals surface area contributed by atoms with Gasteiger partial charge in [-0.2, -0.15) is 11.3 Å². The van der Waals surface area contributed by atoms with Crippen LogP contribution in [0.15, 0.2) is 47.2 Å². The first-order chi connectivity index (χ1) is 10.1. The molecule has 0 aliphatic carbocycles. The van der Waals surface area contributed by atoms with Crippen molar-refractivity contribution in [2.45, 2.75) is 19.0 Å². The first-order valence-electron chi connectivity index (χ1n) is 6.47. The Hall–Kier alpha value is -2.34. The van der Waals surface area contributed by atoms with E-state index in [0.717, 1.165) is 11.1 Å². The molecule has 0 aliphatic heterocycles. The molecule has 1 unspecified atom stereocenters. The van der Waals surface area contributed by atoms with Crippen LogP contribution in [0.25, 0.3) is 0 Å². The molecule has 5 nitrogen and oxygen atoms in total. The van der Waals surface area contributed by atoms with E-state index in [1.54, 1.807) is 23.5 Å². The molecule has 110 valence electrons. The Morgan fingerprint density at radius 2 is 1.95 bits per heavy atom. The number of carbonyl (C=O) groups is 2. The zero-order valence-electron chi connectivity index (χ0n) is 11.3. The van der Waals surface area contributed by atoms with E-state index in [9.17, 15) is 9.59 Å². The van der Waals surface area contributed by atoms with Crippen LogP contribution in [0, 0.1) is 0 Å². The van der Waals surface area contributed by atoms with Crippen molar-refractivity contribution in [3.05, 3.63) is 58.3 Å². The van der Waals surface area contributed by atoms with Crippen molar-refractivity contribution in [1.82, 2.24) is 10.6 Å². The third-order valence-corrected chi connectivity index (χ3v) is 3.65. The van der Waals surface area contributed by atoms with E-state index in [0.29, 0.717) is 6.54 Å². The summed E-state index contributed by atoms with van der Waals surface area (Å²) in [6.45, 7) is 0.421. The van der Waals surface area contributed by atoms with Crippen LogP contribution >= 0.6 is 11.3 Å². The lowest BCUT2D eigenvalue weighted by molar-refractivity contribution is -0.137. The summed E-state index contributed by atoms with van der Waals surface area (Å²) < 4.78 is 0. The van der Waals surface area contributed by atoms with Crippen molar-refractivity contribution >= 4 is 23.3 Å². The first-order valence-corrected chi connectivity index (χ1v) is 7.41. The number of carbonyl (C=O) groups excluding carboxylic acids is 1. The van der Waals surface area contributed by atoms with Crippen LogP contribution < -0.4 is 10.6 Å². The predicted molar refractivity (Wildman–Crippen MR) is 81.1 cm³/mol. The fourth-order valence-corrected chi connectivity index (χ4v) is 2.57. The van der Waals surface area contributed by atoms with Gasteiger partial charge in [0, 0.05) is 6.54 Å². The lowest BCUT2D eigenvalue weighted by Gasteiger charge is -2.17. The normalized spacial score (nSPS) is 11.6. The van der Waals surface area contributed by atoms with Crippen LogP contribution in [-0.2, 0) is 11.3 Å². The standard InChI is InChI=1S/C15H16N2O3S/c18-14(19)8-13(12-4-2-1-3-5-12)17-15(20)16-9-11-6-7-21-10-11/h1-7,10,13H,8-9H2,(H,18,19)(H2,16,17,20). The number of benzene rings is 1. The zero-order chi connectivity index (χ0) is 15.1. The van der Waals surface area contributed by atoms with Crippen LogP contribution in [0.4, 0.5) is 4.79 Å². The third kappa shape index (κ3) is 4.92. The third-order valence-electron chi connectivity index (χ3n) is 2.92. The summed E-state index contributed by atoms with van der Waals surface area (Å²) in [5.74, 6) is -0.956. The Morgan fingerprint density at radius 1 is 1.19 bits per heavy atom. The molecule has 2 rings (SSSR count). The number of rotatable bonds is 6. The summed E-state index contributed by atoms with van der Waals surface area (Å²) in [4.78, 5) is 22.8. The van der Waals surface area contributed by atoms with Crippen LogP contribution in [0.5, 0.6) is 0 Å². The molecule has 1 atom stereocenters. The van der Waals surface area contributed by atoms with Crippen LogP contribution in [0.3, 0.4) is 0 Å². The molecule has 0 radical (unpaired) electrons. The summed E-state index contributed by atoms with van der Waals surface area (Å²) in [6.07, 6.45) is -0.157. The Balaban J connectivity index is 1.94. The summed E-state index contributed by atoms with van der Waals surface area (Å²) in [5.41, 5.74) is 1.79. The number of carboxylic acids is 1. The maximum Gasteiger partial charge on any atom is 0.315 e. The number of aliphatic carboxylic acids is 1. The Morgan fingerprint density at radius 3 is 2.57 bits per heavy atom. The maximum absolute atomic E-state index is 11.9. The molecule has 0 saturated heterocycles. The van der Waals surface area contributed by atoms with Gasteiger partial charge < -0.3 is 15.7 Å². The van der Waals surface area contributed by atoms with Gasteiger partial charge in [-0.15, -0.1) is 0 Å². The number of amides is 2. The molecule has 2 amide bonds. The molecule has 3 N–H and O–H groups in total. The molecular weight excluding hydrogens is 288 g/mol. The first kappa shape index (κ1) is 15.1. The van der Waals surface area contributed by atoms with Crippen molar-refractivity contribution in [3.8, 4) is 0 Å². The Bertz CT molecular complexity index is 584. The van der Waals surface area contributed by atoms with Crippen molar-refractivity contribution in [3.63, 3.8) is 0 Å². The van der Waals surface area contributed by atoms with Gasteiger partial charge in [0.05, 0.1) is 12.5 Å². The Labute approximate surface area is 126 Å². The minimum Gasteiger partial charge on any atom is -0.481 e. The van der Waals surface area contributed by atoms with E-state index >= 15 is 0 Å². The minimum atomic E-state index is -0.956. The molecule has 0 fully saturated rings. The number of thiophene rings is 1. The summed E-state index contributed by atoms with van der Waals surface area (Å²) in [6, 6.07) is 10.1. The van der Waals surface area contributed by atoms with Gasteiger partial charge in [-0.3, -0.25) is 4.79 Å². The van der Waals surface area contributed by atoms with Gasteiger partial charge in [0.2, 0.25) is 0 Å². The van der Waals surface area contributed by atoms with E-state index in [1.807, 2.05) is 35.0 Å². The highest BCUT2D eigenvalue weighted by molar-refractivity contribution is 7.07. The van der Waals surface area contributed by atoms with Crippen LogP contribution in [0.2, 0.25) is 0 Å². The Kier molecular flexibility index (Phi) is 5.34. The van der Waals surface area contributed by atoms with Crippen molar-refractivity contribution in [2.24, 2.45) is 0 Å². The molecule has 21 heavy (non-hydrogen) atoms. The number of urea groups is 1. The fraction of sp³-hybridized carbons (Fsp3) is 0.200. The van der Waals surface area contributed by atoms with Gasteiger partial charge in [-0.25, -0.2) is 4.79 Å². The SMILES string of the molecule is O=C(O)CC(NC(=O)NCc1ccsc1)c1ccccc1. The number of hydrogen-bond acceptors (Lipinski definition) is 3. The zero-order valence-corrected chi connectivity index (χ0v) is 12.1. The van der Waals surface area contributed by atoms with Gasteiger partial charge in [-0.1, -0.05) is 30.3 Å². The highest BCUT2D eigenvalue weighted by Gasteiger charge is 2.17. The second-order valence-corrected chi connectivity index (χ2v) is 5.30. The maximum atomic E-state index is 11.9. The molecule has 0 bridgehead atoms. The summed E-state index contributed by atoms with van der Waals surface area (Å²) in [7, 11) is 0. The van der Waals surface area contributed by atoms with Crippen LogP contribution in [-0.4, -0.2) is 17.1 Å². The van der Waals surface area contributed by atoms with E-state index in [-0.39, 0.29) is 12.5 Å². The largest absolute Gasteiger partial charge is 0.481 e. The van der Waals surface area contributed by atoms with E-state index in [1.165, 1.54) is 0 Å². The van der Waals surface area contributed by atoms with E-state index < -0.39 is 12.0 Å². The van der Waals surface area contributed by atoms with E-state index in [4.69, 9.17) is 5.11 Å². The van der Waals surface area contributed by atoms with E-state index in [2.05, 4.69) is 10.6 Å². The molecule has 6 heteroatoms. The van der Waals surface area contributed by atoms with Gasteiger partial charge in [-0.05, 0) is 28.0 Å². The average Bonchev–Trinajstić information content (AvgIpc) is 2.98. The van der Waals surface area contributed by atoms with Crippen LogP contribution in [0.1, 0.15) is 23.6 Å². The monoisotopic (exact) mass is 304 g/mol. The van der Waals surface area contributed by atoms with Gasteiger partial charge in [0.1, 0.15) is 0 Å². The highest BCUT2D eigenvalue weighted by atomic mass is 32.1. The van der Waals surface area contributed by atoms with Crippen molar-refractivity contribution in [1.29, 1.82) is 0 Å². The summed E-state index contributed by atoms with van der Waals surface area (Å²) in [5, 5.41) is 18.3. The van der Waals surface area contributed by atoms with Gasteiger partial charge in [0.25, 0.3) is 0 Å². The average molecular weight is 304 g/mol. The fourth-order valence-electron chi connectivity index (χ4n) is 1.90.